The summed E-state index contributed by atoms with van der Waals surface area (Å²) in [5.41, 5.74) is 6.98. The normalized spacial score (nSPS) is 19.8. The smallest absolute Gasteiger partial charge is 0.239 e. The lowest BCUT2D eigenvalue weighted by molar-refractivity contribution is -0.132. The zero-order chi connectivity index (χ0) is 17.9. The van der Waals surface area contributed by atoms with Crippen molar-refractivity contribution in [1.29, 1.82) is 0 Å². The van der Waals surface area contributed by atoms with E-state index in [9.17, 15) is 4.79 Å². The van der Waals surface area contributed by atoms with Gasteiger partial charge in [0.25, 0.3) is 0 Å². The number of ether oxygens (including phenoxy) is 1. The molecule has 140 valence electrons. The Hall–Kier alpha value is -2.26. The fourth-order valence-electron chi connectivity index (χ4n) is 3.62. The second-order valence-corrected chi connectivity index (χ2v) is 6.96. The van der Waals surface area contributed by atoms with E-state index in [1.54, 1.807) is 12.5 Å². The van der Waals surface area contributed by atoms with E-state index in [0.29, 0.717) is 38.4 Å². The molecule has 2 aliphatic rings. The maximum Gasteiger partial charge on any atom is 0.239 e. The summed E-state index contributed by atoms with van der Waals surface area (Å²) in [4.78, 5) is 26.2. The van der Waals surface area contributed by atoms with Crippen LogP contribution in [-0.2, 0) is 28.9 Å². The van der Waals surface area contributed by atoms with E-state index in [1.165, 1.54) is 0 Å². The lowest BCUT2D eigenvalue weighted by Gasteiger charge is -2.23. The summed E-state index contributed by atoms with van der Waals surface area (Å²) in [6.45, 7) is 3.46. The fraction of sp³-hybridized carbons (Fsp3) is 0.647. The van der Waals surface area contributed by atoms with Crippen molar-refractivity contribution in [3.05, 3.63) is 29.9 Å². The van der Waals surface area contributed by atoms with Gasteiger partial charge in [-0.1, -0.05) is 0 Å². The molecule has 4 rings (SSSR count). The number of hydrogen-bond acceptors (Lipinski definition) is 6. The zero-order valence-electron chi connectivity index (χ0n) is 14.8. The van der Waals surface area contributed by atoms with Gasteiger partial charge in [-0.05, 0) is 12.8 Å². The number of carbonyl (C=O) groups is 1. The van der Waals surface area contributed by atoms with Crippen molar-refractivity contribution in [3.63, 3.8) is 0 Å². The van der Waals surface area contributed by atoms with Crippen LogP contribution in [0.3, 0.4) is 0 Å². The third-order valence-electron chi connectivity index (χ3n) is 5.16. The van der Waals surface area contributed by atoms with Crippen LogP contribution in [0.4, 0.5) is 0 Å². The van der Waals surface area contributed by atoms with Gasteiger partial charge in [-0.3, -0.25) is 4.79 Å². The first kappa shape index (κ1) is 17.2. The van der Waals surface area contributed by atoms with Gasteiger partial charge in [0.1, 0.15) is 5.82 Å². The van der Waals surface area contributed by atoms with E-state index in [2.05, 4.69) is 9.97 Å². The van der Waals surface area contributed by atoms with Gasteiger partial charge < -0.3 is 20.4 Å². The maximum atomic E-state index is 12.7. The molecule has 4 heterocycles. The third-order valence-corrected chi connectivity index (χ3v) is 5.16. The van der Waals surface area contributed by atoms with Gasteiger partial charge in [0.05, 0.1) is 18.9 Å². The fourth-order valence-corrected chi connectivity index (χ4v) is 3.62. The Bertz CT molecular complexity index is 711. The SMILES string of the molecule is N[C@@H](Cc1cnc[nH]1)C(=O)N1CCc2nc(C3CCOCC3)nn2CC1. The van der Waals surface area contributed by atoms with Gasteiger partial charge in [0.15, 0.2) is 5.82 Å². The van der Waals surface area contributed by atoms with Gasteiger partial charge >= 0.3 is 0 Å². The number of nitrogens with zero attached hydrogens (tertiary/aromatic N) is 5. The molecule has 2 aromatic heterocycles. The van der Waals surface area contributed by atoms with Crippen LogP contribution in [-0.4, -0.2) is 67.9 Å². The molecule has 3 N–H and O–H groups in total. The van der Waals surface area contributed by atoms with E-state index in [-0.39, 0.29) is 5.91 Å². The first-order valence-electron chi connectivity index (χ1n) is 9.23. The molecule has 1 atom stereocenters. The minimum atomic E-state index is -0.563. The lowest BCUT2D eigenvalue weighted by atomic mass is 10.00. The van der Waals surface area contributed by atoms with E-state index >= 15 is 0 Å². The van der Waals surface area contributed by atoms with E-state index in [0.717, 1.165) is 43.4 Å². The number of H-pyrrole nitrogens is 1. The van der Waals surface area contributed by atoms with Gasteiger partial charge in [-0.25, -0.2) is 14.6 Å². The number of nitrogens with two attached hydrogens (primary N) is 1. The van der Waals surface area contributed by atoms with Crippen LogP contribution in [0.5, 0.6) is 0 Å². The van der Waals surface area contributed by atoms with Crippen LogP contribution < -0.4 is 5.73 Å². The Labute approximate surface area is 151 Å². The first-order chi connectivity index (χ1) is 12.7. The molecule has 0 unspecified atom stereocenters. The highest BCUT2D eigenvalue weighted by Crippen LogP contribution is 2.25. The highest BCUT2D eigenvalue weighted by atomic mass is 16.5. The molecular weight excluding hydrogens is 334 g/mol. The van der Waals surface area contributed by atoms with Crippen LogP contribution in [0.2, 0.25) is 0 Å². The summed E-state index contributed by atoms with van der Waals surface area (Å²) in [6.07, 6.45) is 6.43. The number of aromatic amines is 1. The average molecular weight is 359 g/mol. The van der Waals surface area contributed by atoms with Crippen molar-refractivity contribution >= 4 is 5.91 Å². The van der Waals surface area contributed by atoms with Crippen molar-refractivity contribution in [2.24, 2.45) is 5.73 Å². The predicted octanol–water partition coefficient (Wildman–Crippen LogP) is -0.150. The molecule has 0 radical (unpaired) electrons. The number of carbonyl (C=O) groups excluding carboxylic acids is 1. The molecule has 1 fully saturated rings. The highest BCUT2D eigenvalue weighted by molar-refractivity contribution is 5.82. The van der Waals surface area contributed by atoms with Crippen LogP contribution in [0, 0.1) is 0 Å². The molecule has 1 amide bonds. The Morgan fingerprint density at radius 2 is 2.19 bits per heavy atom. The number of hydrogen-bond donors (Lipinski definition) is 2. The largest absolute Gasteiger partial charge is 0.381 e. The minimum Gasteiger partial charge on any atom is -0.381 e. The van der Waals surface area contributed by atoms with Crippen LogP contribution in [0.1, 0.15) is 36.1 Å². The Kier molecular flexibility index (Phi) is 4.98. The molecule has 0 spiro atoms. The average Bonchev–Trinajstić information content (AvgIpc) is 3.28. The van der Waals surface area contributed by atoms with Crippen molar-refractivity contribution in [2.75, 3.05) is 26.3 Å². The zero-order valence-corrected chi connectivity index (χ0v) is 14.8. The molecule has 0 bridgehead atoms. The van der Waals surface area contributed by atoms with Gasteiger partial charge in [0, 0.05) is 57.0 Å². The molecule has 2 aromatic rings. The molecule has 1 saturated heterocycles. The Morgan fingerprint density at radius 1 is 1.35 bits per heavy atom. The summed E-state index contributed by atoms with van der Waals surface area (Å²) in [7, 11) is 0. The Morgan fingerprint density at radius 3 is 2.96 bits per heavy atom. The maximum absolute atomic E-state index is 12.7. The molecule has 0 aliphatic carbocycles. The predicted molar refractivity (Wildman–Crippen MR) is 93.4 cm³/mol. The van der Waals surface area contributed by atoms with E-state index < -0.39 is 6.04 Å². The standard InChI is InChI=1S/C17H25N7O2/c18-14(9-13-10-19-11-20-13)17(25)23-4-1-15-21-16(22-24(15)6-5-23)12-2-7-26-8-3-12/h10-12,14H,1-9,18H2,(H,19,20)/t14-/m0/s1. The molecular formula is C17H25N7O2. The van der Waals surface area contributed by atoms with Gasteiger partial charge in [-0.15, -0.1) is 0 Å². The third kappa shape index (κ3) is 3.63. The summed E-state index contributed by atoms with van der Waals surface area (Å²) in [6, 6.07) is -0.563. The second-order valence-electron chi connectivity index (χ2n) is 6.96. The highest BCUT2D eigenvalue weighted by Gasteiger charge is 2.27. The second kappa shape index (κ2) is 7.55. The Balaban J connectivity index is 1.37. The summed E-state index contributed by atoms with van der Waals surface area (Å²) in [5.74, 6) is 2.25. The number of fused-ring (bicyclic) bond motifs is 1. The number of nitrogens with one attached hydrogen (secondary N) is 1. The number of imidazole rings is 1. The number of aromatic nitrogens is 5. The lowest BCUT2D eigenvalue weighted by Crippen LogP contribution is -2.46. The monoisotopic (exact) mass is 359 g/mol. The van der Waals surface area contributed by atoms with Crippen molar-refractivity contribution in [3.8, 4) is 0 Å². The van der Waals surface area contributed by atoms with Gasteiger partial charge in [0.2, 0.25) is 5.91 Å². The van der Waals surface area contributed by atoms with Crippen LogP contribution in [0.25, 0.3) is 0 Å². The van der Waals surface area contributed by atoms with E-state index in [1.807, 2.05) is 9.58 Å². The topological polar surface area (TPSA) is 115 Å². The molecule has 0 aromatic carbocycles. The van der Waals surface area contributed by atoms with E-state index in [4.69, 9.17) is 20.6 Å². The quantitative estimate of drug-likeness (QED) is 0.784. The number of rotatable bonds is 4. The van der Waals surface area contributed by atoms with Crippen LogP contribution >= 0.6 is 0 Å². The number of amides is 1. The molecule has 2 aliphatic heterocycles. The molecule has 26 heavy (non-hydrogen) atoms. The summed E-state index contributed by atoms with van der Waals surface area (Å²) in [5, 5.41) is 4.70. The van der Waals surface area contributed by atoms with Gasteiger partial charge in [-0.2, -0.15) is 5.10 Å². The molecule has 9 nitrogen and oxygen atoms in total. The van der Waals surface area contributed by atoms with Crippen molar-refractivity contribution in [1.82, 2.24) is 29.6 Å². The molecule has 0 saturated carbocycles. The van der Waals surface area contributed by atoms with Crippen LogP contribution in [0.15, 0.2) is 12.5 Å². The summed E-state index contributed by atoms with van der Waals surface area (Å²) < 4.78 is 7.38. The van der Waals surface area contributed by atoms with Crippen molar-refractivity contribution in [2.45, 2.75) is 44.2 Å². The molecule has 9 heteroatoms. The summed E-state index contributed by atoms with van der Waals surface area (Å²) >= 11 is 0. The van der Waals surface area contributed by atoms with Crippen molar-refractivity contribution < 1.29 is 9.53 Å². The minimum absolute atomic E-state index is 0.0324. The first-order valence-corrected chi connectivity index (χ1v) is 9.23.